The number of aryl methyl sites for hydroxylation is 1. The van der Waals surface area contributed by atoms with Gasteiger partial charge >= 0.3 is 0 Å². The van der Waals surface area contributed by atoms with Gasteiger partial charge in [0.2, 0.25) is 0 Å². The molecule has 36 heavy (non-hydrogen) atoms. The van der Waals surface area contributed by atoms with Crippen LogP contribution in [0.4, 0.5) is 0 Å². The minimum Gasteiger partial charge on any atom is -0.493 e. The van der Waals surface area contributed by atoms with Crippen LogP contribution >= 0.6 is 22.6 Å². The fourth-order valence-electron chi connectivity index (χ4n) is 3.27. The summed E-state index contributed by atoms with van der Waals surface area (Å²) in [6, 6.07) is 17.0. The number of hydrogen-bond acceptors (Lipinski definition) is 6. The first-order valence-electron chi connectivity index (χ1n) is 11.7. The highest BCUT2D eigenvalue weighted by atomic mass is 127. The monoisotopic (exact) mass is 602 g/mol. The Kier molecular flexibility index (Phi) is 10.4. The van der Waals surface area contributed by atoms with Crippen LogP contribution in [0.3, 0.4) is 0 Å². The maximum atomic E-state index is 12.6. The Morgan fingerprint density at radius 2 is 1.75 bits per heavy atom. The Hall–Kier alpha value is -3.27. The molecule has 8 heteroatoms. The molecule has 0 fully saturated rings. The summed E-state index contributed by atoms with van der Waals surface area (Å²) in [4.78, 5) is 12.6. The standard InChI is InChI=1S/C28H31IN2O5/c1-5-13-35-24-12-11-22(16-25(24)34-6-2)28(32)31-30-17-21-14-23(29)27(26(15-21)33-4)36-18-20-9-7-19(3)8-10-20/h7-12,14-17H,5-6,13,18H2,1-4H3,(H,31,32)/b30-17+. The summed E-state index contributed by atoms with van der Waals surface area (Å²) in [6.07, 6.45) is 2.45. The zero-order chi connectivity index (χ0) is 25.9. The molecule has 3 rings (SSSR count). The molecule has 0 aliphatic heterocycles. The van der Waals surface area contributed by atoms with Crippen molar-refractivity contribution < 1.29 is 23.7 Å². The molecular weight excluding hydrogens is 571 g/mol. The van der Waals surface area contributed by atoms with Gasteiger partial charge in [-0.25, -0.2) is 5.43 Å². The minimum atomic E-state index is -0.353. The van der Waals surface area contributed by atoms with Gasteiger partial charge in [0.25, 0.3) is 5.91 Å². The molecule has 3 aromatic carbocycles. The first-order chi connectivity index (χ1) is 17.4. The second-order valence-electron chi connectivity index (χ2n) is 7.95. The van der Waals surface area contributed by atoms with E-state index in [0.29, 0.717) is 48.4 Å². The topological polar surface area (TPSA) is 78.4 Å². The van der Waals surface area contributed by atoms with Gasteiger partial charge in [0.1, 0.15) is 6.61 Å². The van der Waals surface area contributed by atoms with Crippen molar-refractivity contribution in [2.24, 2.45) is 5.10 Å². The molecule has 0 saturated heterocycles. The van der Waals surface area contributed by atoms with E-state index in [-0.39, 0.29) is 5.91 Å². The third-order valence-electron chi connectivity index (χ3n) is 5.10. The molecule has 0 aliphatic rings. The van der Waals surface area contributed by atoms with Crippen molar-refractivity contribution in [3.63, 3.8) is 0 Å². The van der Waals surface area contributed by atoms with Gasteiger partial charge in [-0.3, -0.25) is 4.79 Å². The smallest absolute Gasteiger partial charge is 0.271 e. The molecular formula is C28H31IN2O5. The van der Waals surface area contributed by atoms with Crippen LogP contribution in [0.1, 0.15) is 47.3 Å². The third kappa shape index (κ3) is 7.61. The summed E-state index contributed by atoms with van der Waals surface area (Å²) in [7, 11) is 1.59. The predicted octanol–water partition coefficient (Wildman–Crippen LogP) is 6.14. The van der Waals surface area contributed by atoms with Crippen molar-refractivity contribution in [3.05, 3.63) is 80.4 Å². The lowest BCUT2D eigenvalue weighted by Gasteiger charge is -2.14. The van der Waals surface area contributed by atoms with E-state index in [0.717, 1.165) is 21.1 Å². The fourth-order valence-corrected chi connectivity index (χ4v) is 4.05. The van der Waals surface area contributed by atoms with Crippen LogP contribution in [-0.4, -0.2) is 32.4 Å². The number of nitrogens with one attached hydrogen (secondary N) is 1. The number of hydrogen-bond donors (Lipinski definition) is 1. The maximum absolute atomic E-state index is 12.6. The van der Waals surface area contributed by atoms with Crippen molar-refractivity contribution in [2.75, 3.05) is 20.3 Å². The molecule has 190 valence electrons. The molecule has 7 nitrogen and oxygen atoms in total. The normalized spacial score (nSPS) is 10.8. The number of hydrazone groups is 1. The summed E-state index contributed by atoms with van der Waals surface area (Å²) in [5, 5.41) is 4.12. The first-order valence-corrected chi connectivity index (χ1v) is 12.8. The molecule has 0 bridgehead atoms. The number of ether oxygens (including phenoxy) is 4. The Morgan fingerprint density at radius 3 is 2.44 bits per heavy atom. The number of rotatable bonds is 12. The highest BCUT2D eigenvalue weighted by Gasteiger charge is 2.13. The van der Waals surface area contributed by atoms with Crippen molar-refractivity contribution >= 4 is 34.7 Å². The fraction of sp³-hybridized carbons (Fsp3) is 0.286. The lowest BCUT2D eigenvalue weighted by atomic mass is 10.2. The lowest BCUT2D eigenvalue weighted by Crippen LogP contribution is -2.17. The highest BCUT2D eigenvalue weighted by Crippen LogP contribution is 2.34. The number of nitrogens with zero attached hydrogens (tertiary/aromatic N) is 1. The van der Waals surface area contributed by atoms with Crippen LogP contribution in [0, 0.1) is 10.5 Å². The molecule has 0 saturated carbocycles. The van der Waals surface area contributed by atoms with Gasteiger partial charge in [-0.15, -0.1) is 0 Å². The number of benzene rings is 3. The quantitative estimate of drug-likeness (QED) is 0.153. The SMILES string of the molecule is CCCOc1ccc(C(=O)N/N=C/c2cc(I)c(OCc3ccc(C)cc3)c(OC)c2)cc1OCC. The second-order valence-corrected chi connectivity index (χ2v) is 9.11. The van der Waals surface area contributed by atoms with Crippen molar-refractivity contribution in [3.8, 4) is 23.0 Å². The molecule has 0 radical (unpaired) electrons. The predicted molar refractivity (Wildman–Crippen MR) is 150 cm³/mol. The molecule has 0 atom stereocenters. The van der Waals surface area contributed by atoms with Gasteiger partial charge in [-0.2, -0.15) is 5.10 Å². The average molecular weight is 602 g/mol. The van der Waals surface area contributed by atoms with E-state index in [4.69, 9.17) is 18.9 Å². The Morgan fingerprint density at radius 1 is 0.972 bits per heavy atom. The van der Waals surface area contributed by atoms with Gasteiger partial charge in [-0.05, 0) is 84.3 Å². The number of halogens is 1. The van der Waals surface area contributed by atoms with E-state index in [9.17, 15) is 4.79 Å². The summed E-state index contributed by atoms with van der Waals surface area (Å²) < 4.78 is 23.8. The molecule has 0 aromatic heterocycles. The van der Waals surface area contributed by atoms with Crippen LogP contribution < -0.4 is 24.4 Å². The van der Waals surface area contributed by atoms with Crippen LogP contribution in [0.25, 0.3) is 0 Å². The number of amides is 1. The molecule has 0 unspecified atom stereocenters. The Bertz CT molecular complexity index is 1200. The number of methoxy groups -OCH3 is 1. The van der Waals surface area contributed by atoms with Crippen LogP contribution in [-0.2, 0) is 6.61 Å². The largest absolute Gasteiger partial charge is 0.493 e. The van der Waals surface area contributed by atoms with Crippen molar-refractivity contribution in [2.45, 2.75) is 33.8 Å². The summed E-state index contributed by atoms with van der Waals surface area (Å²) in [5.41, 5.74) is 6.02. The van der Waals surface area contributed by atoms with Gasteiger partial charge in [-0.1, -0.05) is 36.8 Å². The average Bonchev–Trinajstić information content (AvgIpc) is 2.88. The lowest BCUT2D eigenvalue weighted by molar-refractivity contribution is 0.0954. The minimum absolute atomic E-state index is 0.353. The van der Waals surface area contributed by atoms with Crippen molar-refractivity contribution in [1.29, 1.82) is 0 Å². The zero-order valence-corrected chi connectivity index (χ0v) is 23.1. The van der Waals surface area contributed by atoms with Gasteiger partial charge in [0.15, 0.2) is 23.0 Å². The Labute approximate surface area is 225 Å². The van der Waals surface area contributed by atoms with Crippen LogP contribution in [0.2, 0.25) is 0 Å². The molecule has 1 amide bonds. The highest BCUT2D eigenvalue weighted by molar-refractivity contribution is 14.1. The van der Waals surface area contributed by atoms with Crippen molar-refractivity contribution in [1.82, 2.24) is 5.43 Å². The zero-order valence-electron chi connectivity index (χ0n) is 21.0. The number of carbonyl (C=O) groups is 1. The van der Waals surface area contributed by atoms with Crippen LogP contribution in [0.15, 0.2) is 59.7 Å². The Balaban J connectivity index is 1.67. The molecule has 1 N–H and O–H groups in total. The summed E-state index contributed by atoms with van der Waals surface area (Å²) in [6.45, 7) is 7.45. The third-order valence-corrected chi connectivity index (χ3v) is 5.90. The molecule has 0 spiro atoms. The maximum Gasteiger partial charge on any atom is 0.271 e. The van der Waals surface area contributed by atoms with E-state index in [1.54, 1.807) is 31.5 Å². The summed E-state index contributed by atoms with van der Waals surface area (Å²) >= 11 is 2.20. The van der Waals surface area contributed by atoms with E-state index < -0.39 is 0 Å². The van der Waals surface area contributed by atoms with Gasteiger partial charge in [0, 0.05) is 5.56 Å². The van der Waals surface area contributed by atoms with Gasteiger partial charge in [0.05, 0.1) is 30.1 Å². The van der Waals surface area contributed by atoms with E-state index in [2.05, 4.69) is 52.2 Å². The molecule has 3 aromatic rings. The van der Waals surface area contributed by atoms with Gasteiger partial charge < -0.3 is 18.9 Å². The first kappa shape index (κ1) is 27.3. The van der Waals surface area contributed by atoms with E-state index in [1.807, 2.05) is 38.1 Å². The van der Waals surface area contributed by atoms with Crippen LogP contribution in [0.5, 0.6) is 23.0 Å². The van der Waals surface area contributed by atoms with E-state index >= 15 is 0 Å². The molecule has 0 aliphatic carbocycles. The molecule has 0 heterocycles. The summed E-state index contributed by atoms with van der Waals surface area (Å²) in [5.74, 6) is 2.04. The number of carbonyl (C=O) groups excluding carboxylic acids is 1. The van der Waals surface area contributed by atoms with E-state index in [1.165, 1.54) is 5.56 Å². The second kappa shape index (κ2) is 13.7.